The van der Waals surface area contributed by atoms with Gasteiger partial charge in [-0.1, -0.05) is 10.7 Å². The minimum absolute atomic E-state index is 0.533. The molecule has 0 aliphatic rings. The minimum atomic E-state index is -7.08. The van der Waals surface area contributed by atoms with Crippen LogP contribution in [-0.2, 0) is 29.6 Å². The van der Waals surface area contributed by atoms with Crippen LogP contribution >= 0.6 is 0 Å². The fraction of sp³-hybridized carbons (Fsp3) is 0.625. The van der Waals surface area contributed by atoms with E-state index in [9.17, 15) is 52.4 Å². The summed E-state index contributed by atoms with van der Waals surface area (Å²) in [5, 5.41) is -6.37. The van der Waals surface area contributed by atoms with Gasteiger partial charge in [0.2, 0.25) is 0 Å². The molecule has 0 saturated heterocycles. The second-order valence-electron chi connectivity index (χ2n) is 4.11. The van der Waals surface area contributed by atoms with Gasteiger partial charge in [0.05, 0.1) is 0 Å². The van der Waals surface area contributed by atoms with E-state index < -0.39 is 59.0 Å². The number of halogens is 7. The van der Waals surface area contributed by atoms with Crippen molar-refractivity contribution < 1.29 is 57.1 Å². The molecular formula is C8H8F7NO6S2. The summed E-state index contributed by atoms with van der Waals surface area (Å²) in [6.07, 6.45) is 0. The Balaban J connectivity index is 5.62. The van der Waals surface area contributed by atoms with Crippen LogP contribution in [0.1, 0.15) is 6.92 Å². The van der Waals surface area contributed by atoms with Gasteiger partial charge in [-0.2, -0.15) is 30.7 Å². The van der Waals surface area contributed by atoms with E-state index in [0.29, 0.717) is 0 Å². The van der Waals surface area contributed by atoms with Crippen molar-refractivity contribution >= 4 is 26.0 Å². The molecule has 142 valence electrons. The molecule has 0 rings (SSSR count). The van der Waals surface area contributed by atoms with Crippen LogP contribution in [0.15, 0.2) is 12.2 Å². The van der Waals surface area contributed by atoms with Crippen molar-refractivity contribution in [2.45, 2.75) is 23.6 Å². The smallest absolute Gasteiger partial charge is 0.456 e. The number of rotatable bonds is 7. The highest BCUT2D eigenvalue weighted by atomic mass is 32.3. The minimum Gasteiger partial charge on any atom is -0.456 e. The van der Waals surface area contributed by atoms with Gasteiger partial charge in [-0.25, -0.2) is 21.6 Å². The molecule has 0 unspecified atom stereocenters. The van der Waals surface area contributed by atoms with E-state index >= 15 is 0 Å². The highest BCUT2D eigenvalue weighted by Crippen LogP contribution is 2.39. The van der Waals surface area contributed by atoms with E-state index in [1.807, 2.05) is 0 Å². The Morgan fingerprint density at radius 2 is 1.42 bits per heavy atom. The molecule has 0 spiro atoms. The number of hydrogen-bond donors (Lipinski definition) is 1. The molecule has 0 aromatic carbocycles. The van der Waals surface area contributed by atoms with Gasteiger partial charge >= 0.3 is 32.7 Å². The van der Waals surface area contributed by atoms with Gasteiger partial charge in [-0.15, -0.1) is 0 Å². The van der Waals surface area contributed by atoms with Crippen molar-refractivity contribution in [3.8, 4) is 0 Å². The summed E-state index contributed by atoms with van der Waals surface area (Å²) in [6, 6.07) is 0. The number of sulfonamides is 2. The van der Waals surface area contributed by atoms with E-state index in [0.717, 1.165) is 6.92 Å². The average Bonchev–Trinajstić information content (AvgIpc) is 2.32. The number of nitrogens with one attached hydrogen (secondary N) is 1. The van der Waals surface area contributed by atoms with Crippen LogP contribution in [0.5, 0.6) is 0 Å². The average molecular weight is 411 g/mol. The maximum atomic E-state index is 13.3. The molecule has 0 aliphatic heterocycles. The highest BCUT2D eigenvalue weighted by Gasteiger charge is 2.68. The van der Waals surface area contributed by atoms with Gasteiger partial charge in [-0.3, -0.25) is 0 Å². The third-order valence-electron chi connectivity index (χ3n) is 2.02. The summed E-state index contributed by atoms with van der Waals surface area (Å²) in [4.78, 5) is 10.8. The molecule has 7 nitrogen and oxygen atoms in total. The molecule has 16 heteroatoms. The molecule has 1 N–H and O–H groups in total. The summed E-state index contributed by atoms with van der Waals surface area (Å²) < 4.78 is 135. The van der Waals surface area contributed by atoms with Crippen molar-refractivity contribution in [2.24, 2.45) is 0 Å². The van der Waals surface area contributed by atoms with Crippen LogP contribution < -0.4 is 4.13 Å². The zero-order valence-electron chi connectivity index (χ0n) is 11.3. The number of ether oxygens (including phenoxy) is 1. The Hall–Kier alpha value is -1.42. The second-order valence-corrected chi connectivity index (χ2v) is 7.77. The standard InChI is InChI=1S/C8H8F7NO6S2/c1-4(2)5(17)22-3-6(9,10)7(11,12)23(18,19)16-24(20,21)8(13,14)15/h16H,1,3H2,2H3. The molecule has 0 atom stereocenters. The maximum absolute atomic E-state index is 13.3. The van der Waals surface area contributed by atoms with E-state index in [-0.39, 0.29) is 0 Å². The largest absolute Gasteiger partial charge is 0.512 e. The Morgan fingerprint density at radius 3 is 1.75 bits per heavy atom. The predicted octanol–water partition coefficient (Wildman–Crippen LogP) is 1.10. The van der Waals surface area contributed by atoms with Crippen molar-refractivity contribution in [3.63, 3.8) is 0 Å². The van der Waals surface area contributed by atoms with E-state index in [4.69, 9.17) is 0 Å². The van der Waals surface area contributed by atoms with Gasteiger partial charge in [0.1, 0.15) is 0 Å². The number of esters is 1. The number of carbonyl (C=O) groups is 1. The number of hydrogen-bond acceptors (Lipinski definition) is 6. The third-order valence-corrected chi connectivity index (χ3v) is 5.36. The van der Waals surface area contributed by atoms with Crippen LogP contribution in [0.3, 0.4) is 0 Å². The Kier molecular flexibility index (Phi) is 6.09. The van der Waals surface area contributed by atoms with Gasteiger partial charge in [-0.05, 0) is 6.92 Å². The first-order valence-corrected chi connectivity index (χ1v) is 8.18. The van der Waals surface area contributed by atoms with E-state index in [2.05, 4.69) is 11.3 Å². The lowest BCUT2D eigenvalue weighted by atomic mass is 10.3. The lowest BCUT2D eigenvalue weighted by Crippen LogP contribution is -2.56. The molecule has 0 aromatic heterocycles. The third kappa shape index (κ3) is 4.56. The molecule has 24 heavy (non-hydrogen) atoms. The van der Waals surface area contributed by atoms with E-state index in [1.54, 1.807) is 0 Å². The van der Waals surface area contributed by atoms with Gasteiger partial charge in [0, 0.05) is 5.57 Å². The lowest BCUT2D eigenvalue weighted by Gasteiger charge is -2.25. The molecule has 0 bridgehead atoms. The second kappa shape index (κ2) is 6.47. The molecular weight excluding hydrogens is 403 g/mol. The number of alkyl halides is 7. The fourth-order valence-corrected chi connectivity index (χ4v) is 3.21. The van der Waals surface area contributed by atoms with E-state index in [1.165, 1.54) is 0 Å². The van der Waals surface area contributed by atoms with Gasteiger partial charge < -0.3 is 4.74 Å². The molecule has 0 aliphatic carbocycles. The Morgan fingerprint density at radius 1 is 1.00 bits per heavy atom. The summed E-state index contributed by atoms with van der Waals surface area (Å²) in [7, 11) is -14.0. The molecule has 0 aromatic rings. The van der Waals surface area contributed by atoms with Crippen LogP contribution in [0.25, 0.3) is 0 Å². The summed E-state index contributed by atoms with van der Waals surface area (Å²) in [5.74, 6) is -7.39. The Labute approximate surface area is 130 Å². The summed E-state index contributed by atoms with van der Waals surface area (Å²) in [5.41, 5.74) is -6.90. The summed E-state index contributed by atoms with van der Waals surface area (Å²) in [6.45, 7) is 1.25. The molecule has 0 saturated carbocycles. The zero-order chi connectivity index (χ0) is 19.8. The fourth-order valence-electron chi connectivity index (χ4n) is 0.804. The Bertz CT molecular complexity index is 725. The van der Waals surface area contributed by atoms with Crippen molar-refractivity contribution in [3.05, 3.63) is 12.2 Å². The normalized spacial score (nSPS) is 14.3. The quantitative estimate of drug-likeness (QED) is 0.382. The SMILES string of the molecule is C=C(C)C(=O)OCC(F)(F)C(F)(F)S(=O)(=O)NS(=O)(=O)C(F)(F)F. The number of carbonyl (C=O) groups excluding carboxylic acids is 1. The van der Waals surface area contributed by atoms with Crippen LogP contribution in [0.2, 0.25) is 0 Å². The predicted molar refractivity (Wildman–Crippen MR) is 62.7 cm³/mol. The van der Waals surface area contributed by atoms with Gasteiger partial charge in [0.15, 0.2) is 6.61 Å². The molecule has 0 amide bonds. The zero-order valence-corrected chi connectivity index (χ0v) is 13.0. The maximum Gasteiger partial charge on any atom is 0.512 e. The molecule has 0 radical (unpaired) electrons. The first-order valence-electron chi connectivity index (χ1n) is 5.21. The van der Waals surface area contributed by atoms with Crippen LogP contribution in [0, 0.1) is 0 Å². The van der Waals surface area contributed by atoms with Crippen molar-refractivity contribution in [1.82, 2.24) is 4.13 Å². The molecule has 0 fully saturated rings. The summed E-state index contributed by atoms with van der Waals surface area (Å²) >= 11 is 0. The topological polar surface area (TPSA) is 107 Å². The first kappa shape index (κ1) is 22.6. The van der Waals surface area contributed by atoms with Crippen LogP contribution in [-0.4, -0.2) is 46.1 Å². The lowest BCUT2D eigenvalue weighted by molar-refractivity contribution is -0.192. The highest BCUT2D eigenvalue weighted by molar-refractivity contribution is 8.05. The monoisotopic (exact) mass is 411 g/mol. The molecule has 0 heterocycles. The van der Waals surface area contributed by atoms with Crippen LogP contribution in [0.4, 0.5) is 30.7 Å². The van der Waals surface area contributed by atoms with Crippen molar-refractivity contribution in [1.29, 1.82) is 0 Å². The van der Waals surface area contributed by atoms with Crippen molar-refractivity contribution in [2.75, 3.05) is 6.61 Å². The first-order chi connectivity index (χ1) is 10.3. The van der Waals surface area contributed by atoms with Gasteiger partial charge in [0.25, 0.3) is 10.0 Å².